The lowest BCUT2D eigenvalue weighted by molar-refractivity contribution is 0.667. The third-order valence-electron chi connectivity index (χ3n) is 5.44. The molecule has 2 aromatic carbocycles. The molecule has 0 spiro atoms. The lowest BCUT2D eigenvalue weighted by Crippen LogP contribution is -2.41. The Morgan fingerprint density at radius 3 is 2.33 bits per heavy atom. The third-order valence-corrected chi connectivity index (χ3v) is 5.69. The summed E-state index contributed by atoms with van der Waals surface area (Å²) in [6, 6.07) is 19.0. The lowest BCUT2D eigenvalue weighted by atomic mass is 10.1. The van der Waals surface area contributed by atoms with Gasteiger partial charge in [0, 0.05) is 50.0 Å². The first kappa shape index (κ1) is 22.1. The van der Waals surface area contributed by atoms with E-state index in [-0.39, 0.29) is 11.4 Å². The van der Waals surface area contributed by atoms with Crippen molar-refractivity contribution in [3.63, 3.8) is 0 Å². The zero-order valence-electron chi connectivity index (χ0n) is 18.4. The van der Waals surface area contributed by atoms with E-state index in [1.54, 1.807) is 35.8 Å². The number of hydrogen-bond donors (Lipinski definition) is 0. The maximum atomic E-state index is 12.5. The zero-order chi connectivity index (χ0) is 23.7. The molecule has 0 saturated heterocycles. The van der Waals surface area contributed by atoms with Gasteiger partial charge in [-0.05, 0) is 24.3 Å². The van der Waals surface area contributed by atoms with Crippen LogP contribution in [-0.2, 0) is 20.6 Å². The second-order valence-corrected chi connectivity index (χ2v) is 8.10. The Balaban J connectivity index is 1.84. The minimum Gasteiger partial charge on any atom is -0.355 e. The molecule has 0 aliphatic heterocycles. The average Bonchev–Trinajstić information content (AvgIpc) is 3.24. The molecule has 0 saturated carbocycles. The summed E-state index contributed by atoms with van der Waals surface area (Å²) in [6.45, 7) is 0.305. The number of halogens is 1. The predicted molar refractivity (Wildman–Crippen MR) is 128 cm³/mol. The van der Waals surface area contributed by atoms with E-state index in [1.807, 2.05) is 54.7 Å². The van der Waals surface area contributed by atoms with Crippen LogP contribution in [-0.4, -0.2) is 26.0 Å². The molecule has 0 radical (unpaired) electrons. The summed E-state index contributed by atoms with van der Waals surface area (Å²) < 4.78 is 4.02. The molecule has 0 N–H and O–H groups in total. The SMILES string of the molecule is CN(Cc1cn(-c2ccccc2)nc1-c1ccc(Cl)cc1)c1c(C#N)c(=O)n(C)c(=O)n1C. The van der Waals surface area contributed by atoms with Gasteiger partial charge in [-0.2, -0.15) is 10.4 Å². The molecule has 9 heteroatoms. The highest BCUT2D eigenvalue weighted by molar-refractivity contribution is 6.30. The van der Waals surface area contributed by atoms with E-state index >= 15 is 0 Å². The quantitative estimate of drug-likeness (QED) is 0.456. The molecule has 2 aromatic heterocycles. The van der Waals surface area contributed by atoms with Crippen LogP contribution in [0.15, 0.2) is 70.4 Å². The van der Waals surface area contributed by atoms with Crippen molar-refractivity contribution in [2.75, 3.05) is 11.9 Å². The van der Waals surface area contributed by atoms with E-state index < -0.39 is 11.2 Å². The van der Waals surface area contributed by atoms with Gasteiger partial charge in [0.15, 0.2) is 5.56 Å². The summed E-state index contributed by atoms with van der Waals surface area (Å²) in [7, 11) is 4.64. The van der Waals surface area contributed by atoms with E-state index in [0.29, 0.717) is 11.6 Å². The number of aromatic nitrogens is 4. The van der Waals surface area contributed by atoms with Gasteiger partial charge in [0.2, 0.25) is 0 Å². The summed E-state index contributed by atoms with van der Waals surface area (Å²) in [5.41, 5.74) is 2.12. The topological polar surface area (TPSA) is 88.8 Å². The Kier molecular flexibility index (Phi) is 5.90. The van der Waals surface area contributed by atoms with E-state index in [9.17, 15) is 14.9 Å². The number of hydrogen-bond acceptors (Lipinski definition) is 5. The number of nitriles is 1. The molecule has 33 heavy (non-hydrogen) atoms. The fourth-order valence-electron chi connectivity index (χ4n) is 3.80. The highest BCUT2D eigenvalue weighted by Gasteiger charge is 2.21. The van der Waals surface area contributed by atoms with Crippen molar-refractivity contribution in [3.05, 3.63) is 97.8 Å². The van der Waals surface area contributed by atoms with Gasteiger partial charge in [-0.15, -0.1) is 0 Å². The van der Waals surface area contributed by atoms with E-state index in [0.717, 1.165) is 27.1 Å². The Bertz CT molecular complexity index is 1480. The Morgan fingerprint density at radius 1 is 1.03 bits per heavy atom. The monoisotopic (exact) mass is 460 g/mol. The number of benzene rings is 2. The van der Waals surface area contributed by atoms with Crippen molar-refractivity contribution in [1.82, 2.24) is 18.9 Å². The number of para-hydroxylation sites is 1. The maximum Gasteiger partial charge on any atom is 0.332 e. The molecule has 0 bridgehead atoms. The Labute approximate surface area is 195 Å². The van der Waals surface area contributed by atoms with Crippen LogP contribution in [0.1, 0.15) is 11.1 Å². The molecule has 4 aromatic rings. The molecule has 0 amide bonds. The lowest BCUT2D eigenvalue weighted by Gasteiger charge is -2.23. The van der Waals surface area contributed by atoms with Crippen LogP contribution < -0.4 is 16.1 Å². The molecule has 0 atom stereocenters. The van der Waals surface area contributed by atoms with E-state index in [4.69, 9.17) is 16.7 Å². The highest BCUT2D eigenvalue weighted by atomic mass is 35.5. The molecule has 0 aliphatic rings. The van der Waals surface area contributed by atoms with E-state index in [2.05, 4.69) is 0 Å². The van der Waals surface area contributed by atoms with Gasteiger partial charge in [-0.3, -0.25) is 13.9 Å². The second kappa shape index (κ2) is 8.81. The first-order valence-electron chi connectivity index (χ1n) is 10.1. The molecule has 0 fully saturated rings. The van der Waals surface area contributed by atoms with Crippen LogP contribution in [0.5, 0.6) is 0 Å². The molecule has 0 aliphatic carbocycles. The van der Waals surface area contributed by atoms with Crippen LogP contribution in [0.3, 0.4) is 0 Å². The van der Waals surface area contributed by atoms with Crippen LogP contribution in [0.4, 0.5) is 5.82 Å². The predicted octanol–water partition coefficient (Wildman–Crippen LogP) is 3.10. The van der Waals surface area contributed by atoms with Crippen LogP contribution in [0.25, 0.3) is 16.9 Å². The first-order chi connectivity index (χ1) is 15.8. The Morgan fingerprint density at radius 2 is 1.70 bits per heavy atom. The summed E-state index contributed by atoms with van der Waals surface area (Å²) in [5.74, 6) is 0.250. The van der Waals surface area contributed by atoms with Gasteiger partial charge >= 0.3 is 5.69 Å². The first-order valence-corrected chi connectivity index (χ1v) is 10.5. The average molecular weight is 461 g/mol. The molecule has 0 unspecified atom stereocenters. The molecule has 166 valence electrons. The number of anilines is 1. The van der Waals surface area contributed by atoms with Crippen molar-refractivity contribution >= 4 is 17.4 Å². The molecule has 2 heterocycles. The number of rotatable bonds is 5. The standard InChI is InChI=1S/C24H21ClN6O2/c1-28(22-20(13-26)23(32)30(3)24(33)29(22)2)14-17-15-31(19-7-5-4-6-8-19)27-21(17)16-9-11-18(25)12-10-16/h4-12,15H,14H2,1-3H3. The van der Waals surface area contributed by atoms with Crippen LogP contribution >= 0.6 is 11.6 Å². The van der Waals surface area contributed by atoms with Gasteiger partial charge in [0.05, 0.1) is 11.4 Å². The summed E-state index contributed by atoms with van der Waals surface area (Å²) >= 11 is 6.07. The molecule has 8 nitrogen and oxygen atoms in total. The summed E-state index contributed by atoms with van der Waals surface area (Å²) in [6.07, 6.45) is 1.90. The van der Waals surface area contributed by atoms with Crippen molar-refractivity contribution in [1.29, 1.82) is 5.26 Å². The van der Waals surface area contributed by atoms with Gasteiger partial charge in [0.1, 0.15) is 11.9 Å². The van der Waals surface area contributed by atoms with Gasteiger partial charge in [0.25, 0.3) is 5.56 Å². The van der Waals surface area contributed by atoms with Gasteiger partial charge in [-0.1, -0.05) is 41.9 Å². The van der Waals surface area contributed by atoms with E-state index in [1.165, 1.54) is 11.6 Å². The fraction of sp³-hybridized carbons (Fsp3) is 0.167. The van der Waals surface area contributed by atoms with Gasteiger partial charge in [-0.25, -0.2) is 9.48 Å². The van der Waals surface area contributed by atoms with Crippen LogP contribution in [0, 0.1) is 11.3 Å². The van der Waals surface area contributed by atoms with Crippen molar-refractivity contribution < 1.29 is 0 Å². The Hall–Kier alpha value is -4.09. The second-order valence-electron chi connectivity index (χ2n) is 7.66. The normalized spacial score (nSPS) is 10.8. The largest absolute Gasteiger partial charge is 0.355 e. The molecule has 4 rings (SSSR count). The minimum absolute atomic E-state index is 0.0920. The zero-order valence-corrected chi connectivity index (χ0v) is 19.1. The van der Waals surface area contributed by atoms with Crippen molar-refractivity contribution in [2.24, 2.45) is 14.1 Å². The molecular weight excluding hydrogens is 440 g/mol. The number of nitrogens with zero attached hydrogens (tertiary/aromatic N) is 6. The van der Waals surface area contributed by atoms with Crippen molar-refractivity contribution in [3.8, 4) is 23.0 Å². The maximum absolute atomic E-state index is 12.5. The smallest absolute Gasteiger partial charge is 0.332 e. The molecular formula is C24H21ClN6O2. The minimum atomic E-state index is -0.625. The highest BCUT2D eigenvalue weighted by Crippen LogP contribution is 2.27. The van der Waals surface area contributed by atoms with Crippen molar-refractivity contribution in [2.45, 2.75) is 6.54 Å². The van der Waals surface area contributed by atoms with Gasteiger partial charge < -0.3 is 4.90 Å². The third kappa shape index (κ3) is 4.06. The fourth-order valence-corrected chi connectivity index (χ4v) is 3.92. The summed E-state index contributed by atoms with van der Waals surface area (Å²) in [4.78, 5) is 26.8. The van der Waals surface area contributed by atoms with Crippen LogP contribution in [0.2, 0.25) is 5.02 Å². The summed E-state index contributed by atoms with van der Waals surface area (Å²) in [5, 5.41) is 15.0.